The van der Waals surface area contributed by atoms with E-state index >= 15 is 0 Å². The molecule has 4 aromatic rings. The Morgan fingerprint density at radius 2 is 2.04 bits per heavy atom. The van der Waals surface area contributed by atoms with Gasteiger partial charge in [0.25, 0.3) is 5.91 Å². The fraction of sp³-hybridized carbons (Fsp3) is 0. The number of halogens is 1. The fourth-order valence-electron chi connectivity index (χ4n) is 2.30. The summed E-state index contributed by atoms with van der Waals surface area (Å²) in [5.41, 5.74) is 2.64. The van der Waals surface area contributed by atoms with Gasteiger partial charge in [0.1, 0.15) is 0 Å². The second-order valence-electron chi connectivity index (χ2n) is 5.08. The summed E-state index contributed by atoms with van der Waals surface area (Å²) >= 11 is 3.40. The molecule has 2 aromatic carbocycles. The maximum Gasteiger partial charge on any atom is 0.280 e. The lowest BCUT2D eigenvalue weighted by molar-refractivity contribution is 0.102. The molecule has 2 heterocycles. The molecule has 7 nitrogen and oxygen atoms in total. The summed E-state index contributed by atoms with van der Waals surface area (Å²) in [6, 6.07) is 15.1. The Balaban J connectivity index is 1.56. The van der Waals surface area contributed by atoms with Crippen LogP contribution in [0.4, 0.5) is 5.95 Å². The first kappa shape index (κ1) is 14.6. The van der Waals surface area contributed by atoms with E-state index < -0.39 is 0 Å². The lowest BCUT2D eigenvalue weighted by Gasteiger charge is -1.99. The van der Waals surface area contributed by atoms with Crippen LogP contribution in [0.25, 0.3) is 16.7 Å². The number of imidazole rings is 1. The molecule has 24 heavy (non-hydrogen) atoms. The Morgan fingerprint density at radius 1 is 1.17 bits per heavy atom. The van der Waals surface area contributed by atoms with Gasteiger partial charge >= 0.3 is 0 Å². The molecule has 2 aromatic heterocycles. The zero-order valence-corrected chi connectivity index (χ0v) is 13.9. The molecule has 0 aliphatic rings. The van der Waals surface area contributed by atoms with E-state index in [4.69, 9.17) is 0 Å². The summed E-state index contributed by atoms with van der Waals surface area (Å²) in [5.74, 6) is -0.00601. The van der Waals surface area contributed by atoms with Gasteiger partial charge in [0.2, 0.25) is 5.95 Å². The Bertz CT molecular complexity index is 1000. The molecule has 118 valence electrons. The van der Waals surface area contributed by atoms with Crippen molar-refractivity contribution < 1.29 is 4.79 Å². The number of aromatic amines is 1. The first-order valence-electron chi connectivity index (χ1n) is 7.13. The van der Waals surface area contributed by atoms with Crippen molar-refractivity contribution in [2.24, 2.45) is 0 Å². The Morgan fingerprint density at radius 3 is 2.88 bits per heavy atom. The van der Waals surface area contributed by atoms with E-state index in [0.717, 1.165) is 21.2 Å². The van der Waals surface area contributed by atoms with Crippen molar-refractivity contribution in [3.8, 4) is 5.69 Å². The van der Waals surface area contributed by atoms with Crippen molar-refractivity contribution in [3.05, 3.63) is 64.9 Å². The number of carbonyl (C=O) groups is 1. The van der Waals surface area contributed by atoms with Gasteiger partial charge in [-0.1, -0.05) is 39.3 Å². The van der Waals surface area contributed by atoms with Crippen LogP contribution in [-0.4, -0.2) is 30.9 Å². The van der Waals surface area contributed by atoms with E-state index in [1.165, 1.54) is 4.68 Å². The Kier molecular flexibility index (Phi) is 3.58. The monoisotopic (exact) mass is 382 g/mol. The van der Waals surface area contributed by atoms with Crippen LogP contribution in [0.2, 0.25) is 0 Å². The maximum absolute atomic E-state index is 12.3. The highest BCUT2D eigenvalue weighted by Gasteiger charge is 2.14. The number of benzene rings is 2. The smallest absolute Gasteiger partial charge is 0.280 e. The molecule has 2 N–H and O–H groups in total. The van der Waals surface area contributed by atoms with Gasteiger partial charge in [0, 0.05) is 4.47 Å². The minimum atomic E-state index is -0.379. The highest BCUT2D eigenvalue weighted by molar-refractivity contribution is 9.10. The molecule has 0 spiro atoms. The molecule has 0 bridgehead atoms. The van der Waals surface area contributed by atoms with Gasteiger partial charge in [0.05, 0.1) is 22.9 Å². The minimum Gasteiger partial charge on any atom is -0.324 e. The number of nitrogens with one attached hydrogen (secondary N) is 2. The third kappa shape index (κ3) is 2.79. The van der Waals surface area contributed by atoms with E-state index in [0.29, 0.717) is 5.95 Å². The largest absolute Gasteiger partial charge is 0.324 e. The number of hydrogen-bond donors (Lipinski definition) is 2. The molecular formula is C16H11BrN6O. The molecule has 0 aliphatic carbocycles. The average Bonchev–Trinajstić information content (AvgIpc) is 3.21. The number of para-hydroxylation sites is 2. The summed E-state index contributed by atoms with van der Waals surface area (Å²) < 4.78 is 2.46. The van der Waals surface area contributed by atoms with Crippen molar-refractivity contribution in [2.75, 3.05) is 5.32 Å². The number of rotatable bonds is 3. The summed E-state index contributed by atoms with van der Waals surface area (Å²) in [6.07, 6.45) is 1.57. The molecule has 4 rings (SSSR count). The molecule has 0 unspecified atom stereocenters. The van der Waals surface area contributed by atoms with Crippen molar-refractivity contribution in [3.63, 3.8) is 0 Å². The quantitative estimate of drug-likeness (QED) is 0.569. The van der Waals surface area contributed by atoms with Crippen LogP contribution in [0.15, 0.2) is 59.2 Å². The summed E-state index contributed by atoms with van der Waals surface area (Å²) in [7, 11) is 0. The van der Waals surface area contributed by atoms with E-state index in [-0.39, 0.29) is 11.6 Å². The standard InChI is InChI=1S/C16H11BrN6O/c17-10-4-3-5-11(8-10)23-9-14(21-22-23)15(24)20-16-18-12-6-1-2-7-13(12)19-16/h1-9H,(H2,18,19,20,24). The Labute approximate surface area is 144 Å². The second-order valence-corrected chi connectivity index (χ2v) is 6.00. The van der Waals surface area contributed by atoms with E-state index in [1.54, 1.807) is 6.20 Å². The Hall–Kier alpha value is -3.00. The van der Waals surface area contributed by atoms with Crippen LogP contribution < -0.4 is 5.32 Å². The van der Waals surface area contributed by atoms with Gasteiger partial charge in [-0.15, -0.1) is 5.10 Å². The maximum atomic E-state index is 12.3. The van der Waals surface area contributed by atoms with Crippen LogP contribution in [-0.2, 0) is 0 Å². The molecular weight excluding hydrogens is 372 g/mol. The SMILES string of the molecule is O=C(Nc1nc2ccccc2[nH]1)c1cn(-c2cccc(Br)c2)nn1. The van der Waals surface area contributed by atoms with E-state index in [9.17, 15) is 4.79 Å². The first-order valence-corrected chi connectivity index (χ1v) is 7.93. The topological polar surface area (TPSA) is 88.5 Å². The van der Waals surface area contributed by atoms with Gasteiger partial charge in [-0.2, -0.15) is 0 Å². The van der Waals surface area contributed by atoms with Crippen molar-refractivity contribution in [2.45, 2.75) is 0 Å². The van der Waals surface area contributed by atoms with E-state index in [2.05, 4.69) is 41.5 Å². The van der Waals surface area contributed by atoms with Crippen LogP contribution in [0.1, 0.15) is 10.5 Å². The summed E-state index contributed by atoms with van der Waals surface area (Å²) in [4.78, 5) is 19.7. The molecule has 0 saturated heterocycles. The van der Waals surface area contributed by atoms with Crippen molar-refractivity contribution in [1.29, 1.82) is 0 Å². The summed E-state index contributed by atoms with van der Waals surface area (Å²) in [5, 5.41) is 10.6. The molecule has 0 radical (unpaired) electrons. The minimum absolute atomic E-state index is 0.204. The van der Waals surface area contributed by atoms with Crippen LogP contribution in [0, 0.1) is 0 Å². The zero-order chi connectivity index (χ0) is 16.5. The summed E-state index contributed by atoms with van der Waals surface area (Å²) in [6.45, 7) is 0. The first-order chi connectivity index (χ1) is 11.7. The van der Waals surface area contributed by atoms with Gasteiger partial charge in [0.15, 0.2) is 5.69 Å². The number of hydrogen-bond acceptors (Lipinski definition) is 4. The predicted octanol–water partition coefficient (Wildman–Crippen LogP) is 3.16. The highest BCUT2D eigenvalue weighted by Crippen LogP contribution is 2.16. The normalized spacial score (nSPS) is 10.9. The average molecular weight is 383 g/mol. The molecule has 0 aliphatic heterocycles. The molecule has 8 heteroatoms. The zero-order valence-electron chi connectivity index (χ0n) is 12.3. The van der Waals surface area contributed by atoms with Gasteiger partial charge in [-0.05, 0) is 30.3 Å². The highest BCUT2D eigenvalue weighted by atomic mass is 79.9. The van der Waals surface area contributed by atoms with Gasteiger partial charge in [-0.3, -0.25) is 10.1 Å². The van der Waals surface area contributed by atoms with Crippen molar-refractivity contribution >= 4 is 38.8 Å². The molecule has 0 fully saturated rings. The molecule has 0 atom stereocenters. The van der Waals surface area contributed by atoms with E-state index in [1.807, 2.05) is 48.5 Å². The number of carbonyl (C=O) groups excluding carboxylic acids is 1. The number of fused-ring (bicyclic) bond motifs is 1. The number of nitrogens with zero attached hydrogens (tertiary/aromatic N) is 4. The van der Waals surface area contributed by atoms with Crippen LogP contribution >= 0.6 is 15.9 Å². The molecule has 0 saturated carbocycles. The second kappa shape index (κ2) is 5.89. The molecule has 1 amide bonds. The number of aromatic nitrogens is 5. The van der Waals surface area contributed by atoms with Crippen LogP contribution in [0.5, 0.6) is 0 Å². The third-order valence-corrected chi connectivity index (χ3v) is 3.91. The van der Waals surface area contributed by atoms with Crippen molar-refractivity contribution in [1.82, 2.24) is 25.0 Å². The fourth-order valence-corrected chi connectivity index (χ4v) is 2.68. The van der Waals surface area contributed by atoms with Gasteiger partial charge in [-0.25, -0.2) is 9.67 Å². The number of anilines is 1. The van der Waals surface area contributed by atoms with Gasteiger partial charge < -0.3 is 4.98 Å². The number of amides is 1. The lowest BCUT2D eigenvalue weighted by atomic mass is 10.3. The third-order valence-electron chi connectivity index (χ3n) is 3.42. The van der Waals surface area contributed by atoms with Crippen LogP contribution in [0.3, 0.4) is 0 Å². The predicted molar refractivity (Wildman–Crippen MR) is 93.1 cm³/mol. The lowest BCUT2D eigenvalue weighted by Crippen LogP contribution is -2.13. The number of H-pyrrole nitrogens is 1.